The highest BCUT2D eigenvalue weighted by Gasteiger charge is 2.33. The molecule has 0 saturated carbocycles. The Morgan fingerprint density at radius 1 is 0.971 bits per heavy atom. The summed E-state index contributed by atoms with van der Waals surface area (Å²) >= 11 is 0. The molecule has 35 heavy (non-hydrogen) atoms. The van der Waals surface area contributed by atoms with E-state index >= 15 is 0 Å². The number of amides is 1. The minimum absolute atomic E-state index is 0.0213. The summed E-state index contributed by atoms with van der Waals surface area (Å²) in [5.41, 5.74) is 2.42. The lowest BCUT2D eigenvalue weighted by molar-refractivity contribution is -0.384. The van der Waals surface area contributed by atoms with Crippen molar-refractivity contribution < 1.29 is 28.7 Å². The van der Waals surface area contributed by atoms with E-state index in [1.54, 1.807) is 62.6 Å². The zero-order chi connectivity index (χ0) is 24.9. The molecule has 0 aromatic heterocycles. The molecule has 9 nitrogen and oxygen atoms in total. The molecule has 1 heterocycles. The lowest BCUT2D eigenvalue weighted by atomic mass is 9.91. The fourth-order valence-electron chi connectivity index (χ4n) is 4.21. The first-order valence-electron chi connectivity index (χ1n) is 11.0. The van der Waals surface area contributed by atoms with E-state index in [9.17, 15) is 14.9 Å². The topological polar surface area (TPSA) is 100 Å². The molecular weight excluding hydrogens is 452 g/mol. The number of non-ortho nitro benzene ring substituents is 1. The highest BCUT2D eigenvalue weighted by molar-refractivity contribution is 5.95. The molecule has 0 spiro atoms. The first kappa shape index (κ1) is 23.9. The summed E-state index contributed by atoms with van der Waals surface area (Å²) in [6.45, 7) is 0.628. The quantitative estimate of drug-likeness (QED) is 0.349. The maximum absolute atomic E-state index is 13.6. The number of nitro benzene ring substituents is 1. The molecule has 4 rings (SSSR count). The Bertz CT molecular complexity index is 1230. The fraction of sp³-hybridized carbons (Fsp3) is 0.269. The monoisotopic (exact) mass is 478 g/mol. The van der Waals surface area contributed by atoms with Crippen LogP contribution in [0, 0.1) is 10.1 Å². The molecule has 1 unspecified atom stereocenters. The number of rotatable bonds is 8. The van der Waals surface area contributed by atoms with Crippen LogP contribution >= 0.6 is 0 Å². The second-order valence-corrected chi connectivity index (χ2v) is 7.96. The molecule has 3 aromatic rings. The van der Waals surface area contributed by atoms with Gasteiger partial charge in [-0.25, -0.2) is 0 Å². The van der Waals surface area contributed by atoms with Gasteiger partial charge in [-0.1, -0.05) is 6.07 Å². The van der Waals surface area contributed by atoms with Crippen molar-refractivity contribution in [3.8, 4) is 23.0 Å². The van der Waals surface area contributed by atoms with E-state index in [1.165, 1.54) is 12.1 Å². The Balaban J connectivity index is 1.68. The molecule has 1 amide bonds. The molecule has 0 saturated heterocycles. The number of carbonyl (C=O) groups excluding carboxylic acids is 1. The fourth-order valence-corrected chi connectivity index (χ4v) is 4.21. The number of hydrogen-bond donors (Lipinski definition) is 0. The lowest BCUT2D eigenvalue weighted by Gasteiger charge is -2.37. The summed E-state index contributed by atoms with van der Waals surface area (Å²) in [5.74, 6) is 2.09. The molecule has 9 heteroatoms. The minimum atomic E-state index is -0.463. The van der Waals surface area contributed by atoms with Gasteiger partial charge in [0.1, 0.15) is 18.1 Å². The molecule has 0 bridgehead atoms. The molecule has 182 valence electrons. The van der Waals surface area contributed by atoms with E-state index in [4.69, 9.17) is 18.9 Å². The number of methoxy groups -OCH3 is 3. The third kappa shape index (κ3) is 4.98. The van der Waals surface area contributed by atoms with Gasteiger partial charge in [0.15, 0.2) is 11.5 Å². The summed E-state index contributed by atoms with van der Waals surface area (Å²) in [7, 11) is 4.71. The van der Waals surface area contributed by atoms with E-state index in [0.717, 1.165) is 11.1 Å². The number of benzene rings is 3. The van der Waals surface area contributed by atoms with Crippen molar-refractivity contribution in [2.45, 2.75) is 12.5 Å². The Kier molecular flexibility index (Phi) is 7.05. The van der Waals surface area contributed by atoms with Crippen LogP contribution in [0.1, 0.15) is 27.5 Å². The number of hydrogen-bond acceptors (Lipinski definition) is 7. The normalized spacial score (nSPS) is 14.6. The van der Waals surface area contributed by atoms with Gasteiger partial charge in [-0.15, -0.1) is 0 Å². The van der Waals surface area contributed by atoms with Crippen LogP contribution in [-0.2, 0) is 6.42 Å². The van der Waals surface area contributed by atoms with Crippen molar-refractivity contribution in [1.82, 2.24) is 4.90 Å². The number of fused-ring (bicyclic) bond motifs is 1. The Morgan fingerprint density at radius 3 is 2.34 bits per heavy atom. The molecule has 1 aliphatic heterocycles. The third-order valence-electron chi connectivity index (χ3n) is 6.04. The number of ether oxygens (including phenoxy) is 4. The second kappa shape index (κ2) is 10.3. The summed E-state index contributed by atoms with van der Waals surface area (Å²) < 4.78 is 22.3. The second-order valence-electron chi connectivity index (χ2n) is 7.96. The Morgan fingerprint density at radius 2 is 1.69 bits per heavy atom. The van der Waals surface area contributed by atoms with E-state index < -0.39 is 11.0 Å². The van der Waals surface area contributed by atoms with Crippen molar-refractivity contribution in [1.29, 1.82) is 0 Å². The molecule has 1 atom stereocenters. The molecular formula is C26H26N2O7. The predicted octanol–water partition coefficient (Wildman–Crippen LogP) is 4.44. The van der Waals surface area contributed by atoms with Crippen LogP contribution in [-0.4, -0.2) is 50.2 Å². The zero-order valence-electron chi connectivity index (χ0n) is 19.7. The molecule has 0 radical (unpaired) electrons. The standard InChI is InChI=1S/C26H26N2O7/c1-32-21-6-4-5-18(13-21)26(29)27-12-11-17-14-24(33-2)25(34-3)15-22(17)23(27)16-35-20-9-7-19(8-10-20)28(30)31/h4-10,13-15,23H,11-12,16H2,1-3H3. The molecule has 1 aliphatic rings. The van der Waals surface area contributed by atoms with E-state index in [1.807, 2.05) is 12.1 Å². The number of nitrogens with zero attached hydrogens (tertiary/aromatic N) is 2. The average Bonchev–Trinajstić information content (AvgIpc) is 2.90. The van der Waals surface area contributed by atoms with Gasteiger partial charge in [-0.2, -0.15) is 0 Å². The summed E-state index contributed by atoms with van der Waals surface area (Å²) in [5, 5.41) is 11.0. The molecule has 0 N–H and O–H groups in total. The van der Waals surface area contributed by atoms with Crippen LogP contribution in [0.4, 0.5) is 5.69 Å². The van der Waals surface area contributed by atoms with E-state index in [-0.39, 0.29) is 18.2 Å². The van der Waals surface area contributed by atoms with Gasteiger partial charge in [0, 0.05) is 24.2 Å². The van der Waals surface area contributed by atoms with Crippen molar-refractivity contribution in [2.75, 3.05) is 34.5 Å². The van der Waals surface area contributed by atoms with Gasteiger partial charge in [0.05, 0.1) is 32.3 Å². The maximum Gasteiger partial charge on any atom is 0.269 e. The maximum atomic E-state index is 13.6. The van der Waals surface area contributed by atoms with Crippen molar-refractivity contribution in [3.05, 3.63) is 87.5 Å². The highest BCUT2D eigenvalue weighted by Crippen LogP contribution is 2.39. The van der Waals surface area contributed by atoms with Gasteiger partial charge >= 0.3 is 0 Å². The van der Waals surface area contributed by atoms with Crippen LogP contribution < -0.4 is 18.9 Å². The Hall–Kier alpha value is -4.27. The largest absolute Gasteiger partial charge is 0.497 e. The van der Waals surface area contributed by atoms with Crippen LogP contribution in [0.5, 0.6) is 23.0 Å². The van der Waals surface area contributed by atoms with Gasteiger partial charge in [0.25, 0.3) is 11.6 Å². The van der Waals surface area contributed by atoms with Crippen molar-refractivity contribution in [2.24, 2.45) is 0 Å². The van der Waals surface area contributed by atoms with Crippen LogP contribution in [0.2, 0.25) is 0 Å². The molecule has 0 fully saturated rings. The first-order valence-corrected chi connectivity index (χ1v) is 11.0. The SMILES string of the molecule is COc1cccc(C(=O)N2CCc3cc(OC)c(OC)cc3C2COc2ccc([N+](=O)[O-])cc2)c1. The van der Waals surface area contributed by atoms with E-state index in [0.29, 0.717) is 41.5 Å². The minimum Gasteiger partial charge on any atom is -0.497 e. The zero-order valence-corrected chi connectivity index (χ0v) is 19.7. The number of nitro groups is 1. The van der Waals surface area contributed by atoms with Gasteiger partial charge < -0.3 is 23.8 Å². The smallest absolute Gasteiger partial charge is 0.269 e. The van der Waals surface area contributed by atoms with Crippen molar-refractivity contribution >= 4 is 11.6 Å². The number of carbonyl (C=O) groups is 1. The van der Waals surface area contributed by atoms with Gasteiger partial charge in [-0.05, 0) is 60.0 Å². The summed E-state index contributed by atoms with van der Waals surface area (Å²) in [4.78, 5) is 25.8. The highest BCUT2D eigenvalue weighted by atomic mass is 16.6. The summed E-state index contributed by atoms with van der Waals surface area (Å²) in [6, 6.07) is 16.3. The lowest BCUT2D eigenvalue weighted by Crippen LogP contribution is -2.42. The van der Waals surface area contributed by atoms with Crippen LogP contribution in [0.3, 0.4) is 0 Å². The van der Waals surface area contributed by atoms with Crippen LogP contribution in [0.15, 0.2) is 60.7 Å². The average molecular weight is 479 g/mol. The van der Waals surface area contributed by atoms with Gasteiger partial charge in [-0.3, -0.25) is 14.9 Å². The van der Waals surface area contributed by atoms with E-state index in [2.05, 4.69) is 0 Å². The van der Waals surface area contributed by atoms with Gasteiger partial charge in [0.2, 0.25) is 0 Å². The van der Waals surface area contributed by atoms with Crippen LogP contribution in [0.25, 0.3) is 0 Å². The molecule has 3 aromatic carbocycles. The first-order chi connectivity index (χ1) is 16.9. The third-order valence-corrected chi connectivity index (χ3v) is 6.04. The Labute approximate surface area is 202 Å². The molecule has 0 aliphatic carbocycles. The predicted molar refractivity (Wildman–Crippen MR) is 129 cm³/mol. The summed E-state index contributed by atoms with van der Waals surface area (Å²) in [6.07, 6.45) is 0.638. The van der Waals surface area contributed by atoms with Crippen molar-refractivity contribution in [3.63, 3.8) is 0 Å².